The lowest BCUT2D eigenvalue weighted by molar-refractivity contribution is 0.0961. The van der Waals surface area contributed by atoms with Crippen LogP contribution in [0.2, 0.25) is 0 Å². The monoisotopic (exact) mass is 412 g/mol. The van der Waals surface area contributed by atoms with Gasteiger partial charge in [-0.15, -0.1) is 0 Å². The highest BCUT2D eigenvalue weighted by atomic mass is 15.2. The van der Waals surface area contributed by atoms with E-state index in [1.165, 1.54) is 69.8 Å². The Bertz CT molecular complexity index is 860. The van der Waals surface area contributed by atoms with Gasteiger partial charge >= 0.3 is 0 Å². The van der Waals surface area contributed by atoms with E-state index in [1.54, 1.807) is 0 Å². The second kappa shape index (κ2) is 11.9. The van der Waals surface area contributed by atoms with Gasteiger partial charge in [0.25, 0.3) is 0 Å². The summed E-state index contributed by atoms with van der Waals surface area (Å²) in [5, 5.41) is 0. The fraction of sp³-hybridized carbons (Fsp3) is 0.483. The van der Waals surface area contributed by atoms with Crippen molar-refractivity contribution in [2.24, 2.45) is 4.99 Å². The maximum atomic E-state index is 4.66. The summed E-state index contributed by atoms with van der Waals surface area (Å²) in [6.07, 6.45) is 15.8. The minimum atomic E-state index is 0.708. The molecule has 2 nitrogen and oxygen atoms in total. The number of hydrogen-bond donors (Lipinski definition) is 0. The van der Waals surface area contributed by atoms with Crippen molar-refractivity contribution in [1.29, 1.82) is 0 Å². The summed E-state index contributed by atoms with van der Waals surface area (Å²) in [6.45, 7) is 1.62. The van der Waals surface area contributed by atoms with Crippen molar-refractivity contribution in [3.63, 3.8) is 0 Å². The van der Waals surface area contributed by atoms with Crippen molar-refractivity contribution in [1.82, 2.24) is 4.90 Å². The van der Waals surface area contributed by atoms with Crippen LogP contribution in [-0.4, -0.2) is 29.7 Å². The van der Waals surface area contributed by atoms with Gasteiger partial charge in [-0.2, -0.15) is 0 Å². The number of rotatable bonds is 6. The largest absolute Gasteiger partial charge is 0.288 e. The van der Waals surface area contributed by atoms with Crippen LogP contribution in [0.25, 0.3) is 0 Å². The highest BCUT2D eigenvalue weighted by Gasteiger charge is 2.27. The number of hydrogen-bond acceptors (Lipinski definition) is 2. The number of nitrogens with zero attached hydrogens (tertiary/aromatic N) is 2. The molecule has 2 aliphatic rings. The summed E-state index contributed by atoms with van der Waals surface area (Å²) >= 11 is 0. The first-order chi connectivity index (χ1) is 15.4. The van der Waals surface area contributed by atoms with Gasteiger partial charge in [0.2, 0.25) is 0 Å². The van der Waals surface area contributed by atoms with Crippen LogP contribution in [-0.2, 0) is 6.54 Å². The predicted molar refractivity (Wildman–Crippen MR) is 132 cm³/mol. The first kappa shape index (κ1) is 21.8. The lowest BCUT2D eigenvalue weighted by atomic mass is 9.88. The van der Waals surface area contributed by atoms with Crippen LogP contribution in [0, 0.1) is 11.8 Å². The third-order valence-electron chi connectivity index (χ3n) is 6.88. The minimum Gasteiger partial charge on any atom is -0.288 e. The van der Waals surface area contributed by atoms with Crippen molar-refractivity contribution < 1.29 is 0 Å². The van der Waals surface area contributed by atoms with Crippen LogP contribution in [0.15, 0.2) is 59.6 Å². The molecule has 31 heavy (non-hydrogen) atoms. The second-order valence-electron chi connectivity index (χ2n) is 9.10. The van der Waals surface area contributed by atoms with Crippen LogP contribution in [0.5, 0.6) is 0 Å². The summed E-state index contributed by atoms with van der Waals surface area (Å²) in [7, 11) is 0. The molecule has 0 radical (unpaired) electrons. The van der Waals surface area contributed by atoms with E-state index in [9.17, 15) is 0 Å². The highest BCUT2D eigenvalue weighted by molar-refractivity contribution is 5.83. The third kappa shape index (κ3) is 6.55. The number of aliphatic imine (C=N–C) groups is 1. The van der Waals surface area contributed by atoms with E-state index in [0.29, 0.717) is 6.54 Å². The van der Waals surface area contributed by atoms with Crippen LogP contribution in [0.3, 0.4) is 0 Å². The molecule has 2 aliphatic carbocycles. The molecule has 2 fully saturated rings. The molecule has 2 aromatic rings. The Morgan fingerprint density at radius 3 is 2.06 bits per heavy atom. The number of benzene rings is 2. The predicted octanol–water partition coefficient (Wildman–Crippen LogP) is 6.62. The molecule has 0 atom stereocenters. The Kier molecular flexibility index (Phi) is 8.36. The maximum Gasteiger partial charge on any atom is 0.0639 e. The molecule has 0 aromatic heterocycles. The smallest absolute Gasteiger partial charge is 0.0639 e. The van der Waals surface area contributed by atoms with Gasteiger partial charge in [-0.05, 0) is 37.3 Å². The lowest BCUT2D eigenvalue weighted by Crippen LogP contribution is -2.45. The molecule has 0 spiro atoms. The van der Waals surface area contributed by atoms with Gasteiger partial charge in [0.05, 0.1) is 13.1 Å². The van der Waals surface area contributed by atoms with Crippen LogP contribution < -0.4 is 0 Å². The van der Waals surface area contributed by atoms with E-state index >= 15 is 0 Å². The molecule has 0 unspecified atom stereocenters. The quantitative estimate of drug-likeness (QED) is 0.384. The topological polar surface area (TPSA) is 15.6 Å². The van der Waals surface area contributed by atoms with Crippen molar-refractivity contribution in [3.05, 3.63) is 71.3 Å². The van der Waals surface area contributed by atoms with E-state index in [-0.39, 0.29) is 0 Å². The summed E-state index contributed by atoms with van der Waals surface area (Å²) in [5.74, 6) is 7.05. The van der Waals surface area contributed by atoms with Crippen LogP contribution >= 0.6 is 0 Å². The average Bonchev–Trinajstić information content (AvgIpc) is 2.84. The van der Waals surface area contributed by atoms with E-state index in [0.717, 1.165) is 29.8 Å². The van der Waals surface area contributed by atoms with Gasteiger partial charge in [-0.25, -0.2) is 0 Å². The zero-order valence-electron chi connectivity index (χ0n) is 18.8. The van der Waals surface area contributed by atoms with E-state index in [2.05, 4.69) is 70.3 Å². The molecule has 0 aliphatic heterocycles. The van der Waals surface area contributed by atoms with E-state index in [1.807, 2.05) is 12.3 Å². The van der Waals surface area contributed by atoms with E-state index in [4.69, 9.17) is 0 Å². The van der Waals surface area contributed by atoms with Crippen molar-refractivity contribution >= 4 is 6.21 Å². The first-order valence-corrected chi connectivity index (χ1v) is 12.3. The van der Waals surface area contributed by atoms with Crippen LogP contribution in [0.4, 0.5) is 0 Å². The van der Waals surface area contributed by atoms with Crippen molar-refractivity contribution in [3.8, 4) is 11.8 Å². The van der Waals surface area contributed by atoms with Gasteiger partial charge in [-0.1, -0.05) is 98.9 Å². The normalized spacial score (nSPS) is 18.2. The van der Waals surface area contributed by atoms with E-state index < -0.39 is 0 Å². The Morgan fingerprint density at radius 2 is 1.39 bits per heavy atom. The molecule has 0 amide bonds. The Balaban J connectivity index is 1.44. The second-order valence-corrected chi connectivity index (χ2v) is 9.10. The Morgan fingerprint density at radius 1 is 0.774 bits per heavy atom. The molecular formula is C29H36N2. The van der Waals surface area contributed by atoms with Gasteiger partial charge < -0.3 is 0 Å². The first-order valence-electron chi connectivity index (χ1n) is 12.3. The standard InChI is InChI=1S/C29H36N2/c1-4-13-25(14-5-1)23-30-24-27-16-11-10-15-26(27)17-12-22-31(28-18-6-2-7-19-28)29-20-8-3-9-21-29/h1,4-5,10-11,13-16,24,28-29H,2-3,6-9,18-23H2. The minimum absolute atomic E-state index is 0.708. The SMILES string of the molecule is C(#Cc1ccccc1C=NCc1ccccc1)CN(C1CCCCC1)C1CCCCC1. The Labute approximate surface area is 188 Å². The average molecular weight is 413 g/mol. The van der Waals surface area contributed by atoms with Crippen molar-refractivity contribution in [2.45, 2.75) is 82.8 Å². The molecule has 162 valence electrons. The Hall–Kier alpha value is -2.37. The van der Waals surface area contributed by atoms with Gasteiger partial charge in [0, 0.05) is 29.4 Å². The van der Waals surface area contributed by atoms with Gasteiger partial charge in [-0.3, -0.25) is 9.89 Å². The summed E-state index contributed by atoms with van der Waals surface area (Å²) in [5.41, 5.74) is 3.44. The summed E-state index contributed by atoms with van der Waals surface area (Å²) in [6, 6.07) is 20.3. The summed E-state index contributed by atoms with van der Waals surface area (Å²) < 4.78 is 0. The maximum absolute atomic E-state index is 4.66. The molecule has 2 heteroatoms. The molecule has 0 heterocycles. The molecule has 0 saturated heterocycles. The fourth-order valence-electron chi connectivity index (χ4n) is 5.16. The molecule has 2 aromatic carbocycles. The van der Waals surface area contributed by atoms with Crippen molar-refractivity contribution in [2.75, 3.05) is 6.54 Å². The molecule has 2 saturated carbocycles. The highest BCUT2D eigenvalue weighted by Crippen LogP contribution is 2.29. The van der Waals surface area contributed by atoms with Gasteiger partial charge in [0.15, 0.2) is 0 Å². The zero-order chi connectivity index (χ0) is 21.1. The zero-order valence-corrected chi connectivity index (χ0v) is 18.8. The summed E-state index contributed by atoms with van der Waals surface area (Å²) in [4.78, 5) is 7.43. The third-order valence-corrected chi connectivity index (χ3v) is 6.88. The molecule has 0 N–H and O–H groups in total. The molecule has 0 bridgehead atoms. The van der Waals surface area contributed by atoms with Gasteiger partial charge in [0.1, 0.15) is 0 Å². The fourth-order valence-corrected chi connectivity index (χ4v) is 5.16. The lowest BCUT2D eigenvalue weighted by Gasteiger charge is -2.40. The molecular weight excluding hydrogens is 376 g/mol. The van der Waals surface area contributed by atoms with Crippen LogP contribution in [0.1, 0.15) is 80.9 Å². The molecule has 4 rings (SSSR count).